The Hall–Kier alpha value is -1.90. The molecule has 0 heterocycles. The van der Waals surface area contributed by atoms with Crippen molar-refractivity contribution in [2.24, 2.45) is 40.9 Å². The van der Waals surface area contributed by atoms with Crippen LogP contribution in [-0.4, -0.2) is 35.4 Å². The minimum absolute atomic E-state index is 0.0527. The van der Waals surface area contributed by atoms with Gasteiger partial charge in [-0.3, -0.25) is 4.85 Å². The highest BCUT2D eigenvalue weighted by atomic mass is 16.5. The van der Waals surface area contributed by atoms with Crippen LogP contribution in [-0.2, 0) is 20.9 Å². The Kier molecular flexibility index (Phi) is 7.46. The molecule has 4 fully saturated rings. The van der Waals surface area contributed by atoms with E-state index in [4.69, 9.17) is 16.0 Å². The predicted octanol–water partition coefficient (Wildman–Crippen LogP) is 6.44. The predicted molar refractivity (Wildman–Crippen MR) is 143 cm³/mol. The number of rotatable bonds is 7. The molecule has 0 spiro atoms. The topological polar surface area (TPSA) is 60.1 Å². The van der Waals surface area contributed by atoms with Crippen molar-refractivity contribution in [2.45, 2.75) is 96.3 Å². The second-order valence-corrected chi connectivity index (χ2v) is 13.1. The van der Waals surface area contributed by atoms with Gasteiger partial charge in [0.25, 0.3) is 0 Å². The maximum Gasteiger partial charge on any atom is 0.396 e. The first-order chi connectivity index (χ1) is 17.7. The molecule has 5 heteroatoms. The van der Waals surface area contributed by atoms with Gasteiger partial charge in [-0.05, 0) is 112 Å². The first kappa shape index (κ1) is 26.7. The van der Waals surface area contributed by atoms with Crippen molar-refractivity contribution < 1.29 is 19.4 Å². The third kappa shape index (κ3) is 4.74. The molecule has 1 aromatic rings. The van der Waals surface area contributed by atoms with Gasteiger partial charge in [-0.2, -0.15) is 0 Å². The molecule has 4 aliphatic carbocycles. The number of fused-ring (bicyclic) bond motifs is 5. The van der Waals surface area contributed by atoms with E-state index in [-0.39, 0.29) is 24.5 Å². The second kappa shape index (κ2) is 10.3. The molecule has 4 saturated carbocycles. The lowest BCUT2D eigenvalue weighted by molar-refractivity contribution is -0.157. The average Bonchev–Trinajstić information content (AvgIpc) is 3.24. The molecule has 37 heavy (non-hydrogen) atoms. The Balaban J connectivity index is 1.37. The summed E-state index contributed by atoms with van der Waals surface area (Å²) in [5.74, 6) is 2.87. The van der Waals surface area contributed by atoms with Crippen molar-refractivity contribution in [3.8, 4) is 0 Å². The molecular weight excluding hydrogens is 462 g/mol. The van der Waals surface area contributed by atoms with Crippen molar-refractivity contribution in [3.05, 3.63) is 47.3 Å². The van der Waals surface area contributed by atoms with Gasteiger partial charge in [0.15, 0.2) is 0 Å². The summed E-state index contributed by atoms with van der Waals surface area (Å²) < 4.78 is 11.7. The van der Waals surface area contributed by atoms with Gasteiger partial charge in [0, 0.05) is 0 Å². The summed E-state index contributed by atoms with van der Waals surface area (Å²) in [7, 11) is 0. The highest BCUT2D eigenvalue weighted by molar-refractivity contribution is 5.84. The Bertz CT molecular complexity index is 1000. The summed E-state index contributed by atoms with van der Waals surface area (Å²) in [6.45, 7) is 15.3. The molecule has 1 N–H and O–H groups in total. The molecular formula is C32H45NO4. The van der Waals surface area contributed by atoms with E-state index in [1.165, 1.54) is 19.3 Å². The lowest BCUT2D eigenvalue weighted by Crippen LogP contribution is -2.56. The fourth-order valence-electron chi connectivity index (χ4n) is 9.48. The Morgan fingerprint density at radius 3 is 2.54 bits per heavy atom. The Labute approximate surface area is 223 Å². The number of esters is 1. The molecule has 0 saturated heterocycles. The van der Waals surface area contributed by atoms with Gasteiger partial charge in [-0.1, -0.05) is 37.3 Å². The number of ether oxygens (including phenoxy) is 2. The summed E-state index contributed by atoms with van der Waals surface area (Å²) in [6, 6.07) is 9.97. The minimum atomic E-state index is -1.29. The van der Waals surface area contributed by atoms with Crippen LogP contribution in [0.4, 0.5) is 0 Å². The highest BCUT2D eigenvalue weighted by Crippen LogP contribution is 2.66. The molecule has 0 aromatic heterocycles. The average molecular weight is 508 g/mol. The monoisotopic (exact) mass is 507 g/mol. The Morgan fingerprint density at radius 2 is 1.81 bits per heavy atom. The molecule has 5 rings (SSSR count). The summed E-state index contributed by atoms with van der Waals surface area (Å²) in [6.07, 6.45) is 9.69. The third-order valence-electron chi connectivity index (χ3n) is 11.1. The third-order valence-corrected chi connectivity index (χ3v) is 11.1. The van der Waals surface area contributed by atoms with Crippen LogP contribution in [0.3, 0.4) is 0 Å². The van der Waals surface area contributed by atoms with Crippen molar-refractivity contribution in [1.29, 1.82) is 0 Å². The van der Waals surface area contributed by atoms with Crippen molar-refractivity contribution >= 4 is 5.97 Å². The fraction of sp³-hybridized carbons (Fsp3) is 0.750. The first-order valence-corrected chi connectivity index (χ1v) is 14.6. The standard InChI is InChI=1S/C32H45NO4/c1-5-37-29(34)32(33-4,21-36-20-22-9-7-6-8-10-22)28-14-13-27-26-12-11-23-19-30(2,35)17-15-24(23)25(26)16-18-31(27,28)3/h6-10,23-28,35H,5,11-21H2,1-3H3/t23-,24+,25-,26-,27+,28+,30-,31+,32?/m1/s1. The maximum absolute atomic E-state index is 13.5. The van der Waals surface area contributed by atoms with Gasteiger partial charge in [0.1, 0.15) is 6.61 Å². The van der Waals surface area contributed by atoms with Crippen LogP contribution in [0.1, 0.15) is 84.1 Å². The van der Waals surface area contributed by atoms with Crippen molar-refractivity contribution in [3.63, 3.8) is 0 Å². The molecule has 202 valence electrons. The molecule has 0 radical (unpaired) electrons. The van der Waals surface area contributed by atoms with Gasteiger partial charge in [-0.15, -0.1) is 0 Å². The zero-order chi connectivity index (χ0) is 26.3. The molecule has 9 atom stereocenters. The molecule has 4 aliphatic rings. The van der Waals surface area contributed by atoms with E-state index >= 15 is 0 Å². The van der Waals surface area contributed by atoms with E-state index in [0.717, 1.165) is 55.9 Å². The molecule has 0 aliphatic heterocycles. The van der Waals surface area contributed by atoms with E-state index in [1.54, 1.807) is 0 Å². The minimum Gasteiger partial charge on any atom is -0.460 e. The van der Waals surface area contributed by atoms with Gasteiger partial charge in [0.2, 0.25) is 0 Å². The second-order valence-electron chi connectivity index (χ2n) is 13.1. The smallest absolute Gasteiger partial charge is 0.396 e. The number of hydrogen-bond donors (Lipinski definition) is 1. The summed E-state index contributed by atoms with van der Waals surface area (Å²) in [4.78, 5) is 17.6. The van der Waals surface area contributed by atoms with Crippen molar-refractivity contribution in [1.82, 2.24) is 0 Å². The van der Waals surface area contributed by atoms with E-state index < -0.39 is 17.1 Å². The van der Waals surface area contributed by atoms with Gasteiger partial charge >= 0.3 is 11.5 Å². The van der Waals surface area contributed by atoms with Gasteiger partial charge in [0.05, 0.1) is 24.7 Å². The Morgan fingerprint density at radius 1 is 1.05 bits per heavy atom. The van der Waals surface area contributed by atoms with Crippen molar-refractivity contribution in [2.75, 3.05) is 13.2 Å². The first-order valence-electron chi connectivity index (χ1n) is 14.6. The number of nitrogens with zero attached hydrogens (tertiary/aromatic N) is 1. The molecule has 1 unspecified atom stereocenters. The van der Waals surface area contributed by atoms with Crippen LogP contribution in [0.25, 0.3) is 4.85 Å². The van der Waals surface area contributed by atoms with Crippen LogP contribution in [0.2, 0.25) is 0 Å². The van der Waals surface area contributed by atoms with Crippen LogP contribution < -0.4 is 0 Å². The SMILES string of the molecule is [C-]#[N+]C(COCc1ccccc1)(C(=O)OCC)[C@H]1CC[C@H]2[C@@H]3CC[C@@H]4C[C@](C)(O)CC[C@@H]4[C@H]3CC[C@]12C. The van der Waals surface area contributed by atoms with Crippen LogP contribution in [0, 0.1) is 47.5 Å². The van der Waals surface area contributed by atoms with E-state index in [9.17, 15) is 9.90 Å². The van der Waals surface area contributed by atoms with E-state index in [0.29, 0.717) is 24.4 Å². The van der Waals surface area contributed by atoms with E-state index in [2.05, 4.69) is 11.8 Å². The number of benzene rings is 1. The summed E-state index contributed by atoms with van der Waals surface area (Å²) in [5.41, 5.74) is -0.794. The molecule has 0 amide bonds. The van der Waals surface area contributed by atoms with Crippen LogP contribution in [0.5, 0.6) is 0 Å². The molecule has 5 nitrogen and oxygen atoms in total. The summed E-state index contributed by atoms with van der Waals surface area (Å²) >= 11 is 0. The van der Waals surface area contributed by atoms with Crippen LogP contribution in [0.15, 0.2) is 30.3 Å². The number of carbonyl (C=O) groups excluding carboxylic acids is 1. The van der Waals surface area contributed by atoms with Gasteiger partial charge < -0.3 is 14.6 Å². The zero-order valence-corrected chi connectivity index (χ0v) is 23.0. The van der Waals surface area contributed by atoms with Crippen LogP contribution >= 0.6 is 0 Å². The molecule has 0 bridgehead atoms. The largest absolute Gasteiger partial charge is 0.460 e. The normalized spacial score (nSPS) is 40.4. The highest BCUT2D eigenvalue weighted by Gasteiger charge is 2.67. The number of hydrogen-bond acceptors (Lipinski definition) is 4. The lowest BCUT2D eigenvalue weighted by atomic mass is 9.48. The zero-order valence-electron chi connectivity index (χ0n) is 23.0. The fourth-order valence-corrected chi connectivity index (χ4v) is 9.48. The number of carbonyl (C=O) groups is 1. The number of aliphatic hydroxyl groups is 1. The van der Waals surface area contributed by atoms with E-state index in [1.807, 2.05) is 44.2 Å². The lowest BCUT2D eigenvalue weighted by Gasteiger charge is -2.57. The maximum atomic E-state index is 13.5. The quantitative estimate of drug-likeness (QED) is 0.341. The summed E-state index contributed by atoms with van der Waals surface area (Å²) in [5, 5.41) is 10.7. The van der Waals surface area contributed by atoms with Gasteiger partial charge in [-0.25, -0.2) is 11.4 Å². The molecule has 1 aromatic carbocycles.